The van der Waals surface area contributed by atoms with Crippen LogP contribution in [0.2, 0.25) is 0 Å². The zero-order valence-corrected chi connectivity index (χ0v) is 13.6. The number of H-pyrrole nitrogens is 1. The van der Waals surface area contributed by atoms with Crippen LogP contribution in [-0.4, -0.2) is 47.7 Å². The zero-order valence-electron chi connectivity index (χ0n) is 13.6. The Hall–Kier alpha value is -1.59. The van der Waals surface area contributed by atoms with Crippen molar-refractivity contribution < 1.29 is 4.74 Å². The Bertz CT molecular complexity index is 602. The van der Waals surface area contributed by atoms with Crippen LogP contribution in [0, 0.1) is 0 Å². The van der Waals surface area contributed by atoms with Crippen LogP contribution < -0.4 is 10.1 Å². The van der Waals surface area contributed by atoms with Crippen molar-refractivity contribution in [1.29, 1.82) is 0 Å². The van der Waals surface area contributed by atoms with Crippen LogP contribution in [0.5, 0.6) is 5.75 Å². The van der Waals surface area contributed by atoms with Gasteiger partial charge in [-0.2, -0.15) is 0 Å². The third-order valence-corrected chi connectivity index (χ3v) is 4.30. The van der Waals surface area contributed by atoms with E-state index in [0.29, 0.717) is 12.6 Å². The maximum absolute atomic E-state index is 5.58. The Kier molecular flexibility index (Phi) is 4.95. The lowest BCUT2D eigenvalue weighted by Crippen LogP contribution is -2.32. The van der Waals surface area contributed by atoms with E-state index in [1.54, 1.807) is 0 Å². The summed E-state index contributed by atoms with van der Waals surface area (Å²) < 4.78 is 5.58. The second-order valence-electron chi connectivity index (χ2n) is 5.80. The molecule has 1 atom stereocenters. The molecule has 1 aliphatic rings. The molecule has 0 radical (unpaired) electrons. The van der Waals surface area contributed by atoms with E-state index in [2.05, 4.69) is 22.1 Å². The van der Waals surface area contributed by atoms with Gasteiger partial charge in [0, 0.05) is 25.7 Å². The van der Waals surface area contributed by atoms with Crippen molar-refractivity contribution in [3.8, 4) is 5.75 Å². The molecule has 0 spiro atoms. The highest BCUT2D eigenvalue weighted by molar-refractivity contribution is 5.76. The summed E-state index contributed by atoms with van der Waals surface area (Å²) in [5, 5.41) is 3.47. The van der Waals surface area contributed by atoms with E-state index in [9.17, 15) is 0 Å². The van der Waals surface area contributed by atoms with Gasteiger partial charge in [0.2, 0.25) is 0 Å². The molecule has 1 saturated heterocycles. The summed E-state index contributed by atoms with van der Waals surface area (Å²) >= 11 is 0. The lowest BCUT2D eigenvalue weighted by molar-refractivity contribution is 0.198. The second-order valence-corrected chi connectivity index (χ2v) is 5.80. The smallest absolute Gasteiger partial charge is 0.124 e. The van der Waals surface area contributed by atoms with Crippen molar-refractivity contribution in [2.75, 3.05) is 32.8 Å². The van der Waals surface area contributed by atoms with E-state index < -0.39 is 0 Å². The first-order valence-corrected chi connectivity index (χ1v) is 8.39. The molecule has 0 bridgehead atoms. The zero-order chi connectivity index (χ0) is 15.4. The largest absolute Gasteiger partial charge is 0.494 e. The van der Waals surface area contributed by atoms with Crippen LogP contribution in [0.15, 0.2) is 18.2 Å². The third kappa shape index (κ3) is 3.25. The summed E-state index contributed by atoms with van der Waals surface area (Å²) in [4.78, 5) is 10.9. The van der Waals surface area contributed by atoms with Gasteiger partial charge in [0.25, 0.3) is 0 Å². The van der Waals surface area contributed by atoms with Crippen molar-refractivity contribution in [2.45, 2.75) is 32.7 Å². The lowest BCUT2D eigenvalue weighted by atomic mass is 10.1. The van der Waals surface area contributed by atoms with Crippen molar-refractivity contribution >= 4 is 11.0 Å². The average Bonchev–Trinajstić information content (AvgIpc) is 2.75. The molecule has 1 aliphatic heterocycles. The number of rotatable bonds is 5. The number of nitrogens with zero attached hydrogens (tertiary/aromatic N) is 2. The first-order chi connectivity index (χ1) is 10.8. The average molecular weight is 302 g/mol. The maximum Gasteiger partial charge on any atom is 0.124 e. The van der Waals surface area contributed by atoms with Gasteiger partial charge in [0.15, 0.2) is 0 Å². The van der Waals surface area contributed by atoms with Gasteiger partial charge < -0.3 is 15.0 Å². The minimum atomic E-state index is 0.364. The monoisotopic (exact) mass is 302 g/mol. The third-order valence-electron chi connectivity index (χ3n) is 4.30. The molecular formula is C17H26N4O. The van der Waals surface area contributed by atoms with E-state index in [1.807, 2.05) is 25.1 Å². The Morgan fingerprint density at radius 3 is 3.00 bits per heavy atom. The first-order valence-electron chi connectivity index (χ1n) is 8.39. The predicted octanol–water partition coefficient (Wildman–Crippen LogP) is 2.71. The molecule has 0 saturated carbocycles. The molecule has 1 fully saturated rings. The van der Waals surface area contributed by atoms with Crippen LogP contribution in [0.1, 0.15) is 38.6 Å². The molecule has 2 aromatic rings. The summed E-state index contributed by atoms with van der Waals surface area (Å²) in [5.41, 5.74) is 2.08. The van der Waals surface area contributed by atoms with Crippen LogP contribution in [-0.2, 0) is 0 Å². The molecule has 0 aliphatic carbocycles. The van der Waals surface area contributed by atoms with Crippen LogP contribution >= 0.6 is 0 Å². The van der Waals surface area contributed by atoms with Crippen LogP contribution in [0.3, 0.4) is 0 Å². The van der Waals surface area contributed by atoms with Crippen molar-refractivity contribution in [3.05, 3.63) is 24.0 Å². The SMILES string of the molecule is CCOc1ccc2nc(C(CC)N3CCCNCC3)[nH]c2c1. The highest BCUT2D eigenvalue weighted by atomic mass is 16.5. The molecule has 1 unspecified atom stereocenters. The number of fused-ring (bicyclic) bond motifs is 1. The van der Waals surface area contributed by atoms with Gasteiger partial charge in [-0.15, -0.1) is 0 Å². The standard InChI is InChI=1S/C17H26N4O/c1-3-16(21-10-5-8-18-9-11-21)17-19-14-7-6-13(22-4-2)12-15(14)20-17/h6-7,12,16,18H,3-5,8-11H2,1-2H3,(H,19,20). The van der Waals surface area contributed by atoms with Crippen LogP contribution in [0.25, 0.3) is 11.0 Å². The van der Waals surface area contributed by atoms with Gasteiger partial charge >= 0.3 is 0 Å². The summed E-state index contributed by atoms with van der Waals surface area (Å²) in [7, 11) is 0. The topological polar surface area (TPSA) is 53.2 Å². The maximum atomic E-state index is 5.58. The lowest BCUT2D eigenvalue weighted by Gasteiger charge is -2.27. The van der Waals surface area contributed by atoms with Gasteiger partial charge in [-0.3, -0.25) is 4.90 Å². The van der Waals surface area contributed by atoms with Crippen molar-refractivity contribution in [3.63, 3.8) is 0 Å². The van der Waals surface area contributed by atoms with Crippen molar-refractivity contribution in [1.82, 2.24) is 20.2 Å². The van der Waals surface area contributed by atoms with Gasteiger partial charge in [0.1, 0.15) is 11.6 Å². The summed E-state index contributed by atoms with van der Waals surface area (Å²) in [6, 6.07) is 6.44. The second kappa shape index (κ2) is 7.11. The Balaban J connectivity index is 1.86. The molecule has 0 amide bonds. The summed E-state index contributed by atoms with van der Waals surface area (Å²) in [6.07, 6.45) is 2.27. The fourth-order valence-corrected chi connectivity index (χ4v) is 3.23. The Labute approximate surface area is 132 Å². The van der Waals surface area contributed by atoms with E-state index in [0.717, 1.165) is 55.2 Å². The number of aromatic amines is 1. The number of nitrogens with one attached hydrogen (secondary N) is 2. The van der Waals surface area contributed by atoms with Gasteiger partial charge in [0.05, 0.1) is 23.7 Å². The van der Waals surface area contributed by atoms with Gasteiger partial charge in [-0.05, 0) is 38.4 Å². The molecule has 22 heavy (non-hydrogen) atoms. The highest BCUT2D eigenvalue weighted by Crippen LogP contribution is 2.26. The molecule has 2 N–H and O–H groups in total. The molecule has 1 aromatic heterocycles. The van der Waals surface area contributed by atoms with Gasteiger partial charge in [-0.1, -0.05) is 6.92 Å². The Morgan fingerprint density at radius 2 is 2.18 bits per heavy atom. The summed E-state index contributed by atoms with van der Waals surface area (Å²) in [6.45, 7) is 9.32. The molecule has 5 nitrogen and oxygen atoms in total. The fraction of sp³-hybridized carbons (Fsp3) is 0.588. The number of ether oxygens (including phenoxy) is 1. The molecule has 1 aromatic carbocycles. The quantitative estimate of drug-likeness (QED) is 0.891. The van der Waals surface area contributed by atoms with E-state index in [-0.39, 0.29) is 0 Å². The van der Waals surface area contributed by atoms with Crippen LogP contribution in [0.4, 0.5) is 0 Å². The minimum Gasteiger partial charge on any atom is -0.494 e. The van der Waals surface area contributed by atoms with E-state index in [4.69, 9.17) is 9.72 Å². The molecule has 5 heteroatoms. The van der Waals surface area contributed by atoms with Gasteiger partial charge in [-0.25, -0.2) is 4.98 Å². The molecule has 2 heterocycles. The van der Waals surface area contributed by atoms with E-state index in [1.165, 1.54) is 6.42 Å². The number of imidazole rings is 1. The number of hydrogen-bond donors (Lipinski definition) is 2. The van der Waals surface area contributed by atoms with E-state index >= 15 is 0 Å². The minimum absolute atomic E-state index is 0.364. The number of benzene rings is 1. The Morgan fingerprint density at radius 1 is 1.27 bits per heavy atom. The highest BCUT2D eigenvalue weighted by Gasteiger charge is 2.22. The predicted molar refractivity (Wildman–Crippen MR) is 89.4 cm³/mol. The number of hydrogen-bond acceptors (Lipinski definition) is 4. The normalized spacial score (nSPS) is 18.3. The molecule has 120 valence electrons. The molecule has 3 rings (SSSR count). The first kappa shape index (κ1) is 15.3. The van der Waals surface area contributed by atoms with Crippen molar-refractivity contribution in [2.24, 2.45) is 0 Å². The summed E-state index contributed by atoms with van der Waals surface area (Å²) in [5.74, 6) is 1.98. The fourth-order valence-electron chi connectivity index (χ4n) is 3.23. The molecular weight excluding hydrogens is 276 g/mol. The number of aromatic nitrogens is 2.